The van der Waals surface area contributed by atoms with Gasteiger partial charge in [-0.1, -0.05) is 54.6 Å². The Bertz CT molecular complexity index is 5850. The summed E-state index contributed by atoms with van der Waals surface area (Å²) in [4.78, 5) is 103. The number of hydrogen-bond acceptors (Lipinski definition) is 15. The lowest BCUT2D eigenvalue weighted by Gasteiger charge is -2.18. The molecular formula is C87H69Cl3N12O12. The molecule has 570 valence electrons. The minimum Gasteiger partial charge on any atom is -0.508 e. The predicted molar refractivity (Wildman–Crippen MR) is 442 cm³/mol. The summed E-state index contributed by atoms with van der Waals surface area (Å²) in [6.45, 7) is 7.12. The van der Waals surface area contributed by atoms with Gasteiger partial charge >= 0.3 is 0 Å². The normalized spacial score (nSPS) is 14.7. The molecule has 11 N–H and O–H groups in total. The molecule has 0 spiro atoms. The maximum Gasteiger partial charge on any atom is 0.278 e. The van der Waals surface area contributed by atoms with E-state index in [1.807, 2.05) is 75.4 Å². The maximum absolute atomic E-state index is 13.7. The van der Waals surface area contributed by atoms with Gasteiger partial charge in [0.05, 0.1) is 46.3 Å². The number of anilines is 6. The number of phenols is 6. The number of carbonyl (C=O) groups excluding carboxylic acids is 6. The van der Waals surface area contributed by atoms with Crippen molar-refractivity contribution in [3.63, 3.8) is 0 Å². The van der Waals surface area contributed by atoms with Crippen LogP contribution in [0, 0.1) is 20.8 Å². The van der Waals surface area contributed by atoms with Crippen LogP contribution in [-0.2, 0) is 0 Å². The zero-order chi connectivity index (χ0) is 79.7. The van der Waals surface area contributed by atoms with Crippen LogP contribution in [0.4, 0.5) is 34.3 Å². The van der Waals surface area contributed by atoms with Gasteiger partial charge < -0.3 is 75.7 Å². The van der Waals surface area contributed by atoms with Crippen LogP contribution >= 0.6 is 34.8 Å². The summed E-state index contributed by atoms with van der Waals surface area (Å²) in [6.07, 6.45) is 6.36. The quantitative estimate of drug-likeness (QED) is 0.0506. The van der Waals surface area contributed by atoms with Gasteiger partial charge in [0.2, 0.25) is 0 Å². The van der Waals surface area contributed by atoms with E-state index in [-0.39, 0.29) is 93.4 Å². The lowest BCUT2D eigenvalue weighted by Crippen LogP contribution is -2.30. The SMILES string of the molecule is Cc1cccc2c(O)cc3c(c12)[C@H](CCl)CN3C(=O)c1cc2cc(NC(=O)c3ccc(O)cc3)cnc2[nH]1.Cc1cccc2c(O)cc3c(c12)[C@H](CCl)CN3C(=O)c1cc2cc(NC(=O)c3ccc(O)cc3)ncc2[nH]1.Cc1cccc2c(O)cc3c(c12)[C@H](CCl)CN3C(=O)c1cn2cc(NC(=O)c3ccc(O)cc3)ccc2n1. The molecule has 0 fully saturated rings. The van der Waals surface area contributed by atoms with Gasteiger partial charge in [-0.15, -0.1) is 34.8 Å². The van der Waals surface area contributed by atoms with E-state index in [9.17, 15) is 59.4 Å². The number of hydrogen-bond donors (Lipinski definition) is 11. The van der Waals surface area contributed by atoms with Crippen molar-refractivity contribution in [1.82, 2.24) is 29.3 Å². The second-order valence-corrected chi connectivity index (χ2v) is 29.2. The van der Waals surface area contributed by atoms with Gasteiger partial charge in [0, 0.05) is 129 Å². The topological polar surface area (TPSA) is 344 Å². The number of benzene rings is 9. The average molecular weight is 1580 g/mol. The summed E-state index contributed by atoms with van der Waals surface area (Å²) in [5, 5.41) is 75.3. The van der Waals surface area contributed by atoms with Crippen LogP contribution in [0.2, 0.25) is 0 Å². The summed E-state index contributed by atoms with van der Waals surface area (Å²) in [7, 11) is 0. The molecule has 15 aromatic rings. The van der Waals surface area contributed by atoms with Gasteiger partial charge in [-0.2, -0.15) is 0 Å². The zero-order valence-corrected chi connectivity index (χ0v) is 63.3. The van der Waals surface area contributed by atoms with Crippen molar-refractivity contribution >= 4 is 164 Å². The average Bonchev–Trinajstić information content (AvgIpc) is 1.53. The van der Waals surface area contributed by atoms with Crippen molar-refractivity contribution in [3.8, 4) is 34.5 Å². The van der Waals surface area contributed by atoms with Crippen molar-refractivity contribution in [2.45, 2.75) is 38.5 Å². The number of alkyl halides is 3. The van der Waals surface area contributed by atoms with Crippen LogP contribution in [0.3, 0.4) is 0 Å². The third-order valence-corrected chi connectivity index (χ3v) is 22.1. The lowest BCUT2D eigenvalue weighted by atomic mass is 9.92. The van der Waals surface area contributed by atoms with Crippen molar-refractivity contribution in [1.29, 1.82) is 0 Å². The number of nitrogens with one attached hydrogen (secondary N) is 5. The molecule has 0 unspecified atom stereocenters. The predicted octanol–water partition coefficient (Wildman–Crippen LogP) is 16.8. The molecule has 0 aliphatic carbocycles. The Morgan fingerprint density at radius 1 is 0.439 bits per heavy atom. The number of halogens is 3. The summed E-state index contributed by atoms with van der Waals surface area (Å²) in [6, 6.07) is 50.2. The van der Waals surface area contributed by atoms with E-state index in [1.165, 1.54) is 79.0 Å². The molecule has 9 aromatic carbocycles. The van der Waals surface area contributed by atoms with E-state index >= 15 is 0 Å². The van der Waals surface area contributed by atoms with E-state index in [2.05, 4.69) is 40.9 Å². The first-order chi connectivity index (χ1) is 55.0. The Kier molecular flexibility index (Phi) is 19.7. The van der Waals surface area contributed by atoms with Crippen molar-refractivity contribution in [2.24, 2.45) is 0 Å². The summed E-state index contributed by atoms with van der Waals surface area (Å²) < 4.78 is 1.68. The number of carbonyl (C=O) groups is 6. The second-order valence-electron chi connectivity index (χ2n) is 28.3. The molecule has 27 heteroatoms. The molecule has 18 rings (SSSR count). The number of aromatic hydroxyl groups is 6. The minimum atomic E-state index is -0.369. The number of H-pyrrole nitrogens is 2. The first kappa shape index (κ1) is 74.4. The van der Waals surface area contributed by atoms with Gasteiger partial charge in [0.25, 0.3) is 35.4 Å². The van der Waals surface area contributed by atoms with E-state index in [1.54, 1.807) is 92.3 Å². The Hall–Kier alpha value is -13.7. The van der Waals surface area contributed by atoms with Gasteiger partial charge in [0.15, 0.2) is 0 Å². The highest BCUT2D eigenvalue weighted by atomic mass is 35.5. The van der Waals surface area contributed by atoms with Crippen molar-refractivity contribution < 1.29 is 59.4 Å². The highest BCUT2D eigenvalue weighted by molar-refractivity contribution is 6.21. The molecule has 9 heterocycles. The largest absolute Gasteiger partial charge is 0.508 e. The zero-order valence-electron chi connectivity index (χ0n) is 61.0. The molecule has 0 saturated heterocycles. The Morgan fingerprint density at radius 2 is 0.860 bits per heavy atom. The molecule has 6 aromatic heterocycles. The second kappa shape index (κ2) is 30.2. The highest BCUT2D eigenvalue weighted by Crippen LogP contribution is 2.50. The Morgan fingerprint density at radius 3 is 1.32 bits per heavy atom. The molecule has 3 aliphatic rings. The van der Waals surface area contributed by atoms with Gasteiger partial charge in [-0.05, 0) is 180 Å². The minimum absolute atomic E-state index is 0.0714. The summed E-state index contributed by atoms with van der Waals surface area (Å²) in [5.74, 6) is -0.202. The Balaban J connectivity index is 0.000000129. The molecule has 0 saturated carbocycles. The molecular weight excluding hydrogens is 1510 g/mol. The number of aryl methyl sites for hydroxylation is 3. The van der Waals surface area contributed by atoms with Crippen molar-refractivity contribution in [2.75, 3.05) is 67.9 Å². The molecule has 0 radical (unpaired) electrons. The smallest absolute Gasteiger partial charge is 0.278 e. The standard InChI is InChI=1S/3C29H23ClN4O4/c1-16-3-2-4-21-24(36)11-23-27(26(16)21)18(12-30)13-34(23)29(38)22-15-33-14-19(7-10-25(33)32-22)31-28(37)17-5-8-20(35)9-6-17;1-15-3-2-4-21-24(36)11-23-26(25(15)21)18(12-30)14-34(23)29(38)22-10-17-9-19(13-31-27(17)33-22)32-28(37)16-5-7-20(35)8-6-16;1-15-3-2-4-20-24(36)11-23-27(26(15)20)18(12-30)14-34(23)29(38)21-9-17-10-25(31-13-22(17)32-21)33-28(37)16-5-7-19(35)8-6-16/h2-11,14-15,18,35-36H,12-13H2,1H3,(H,31,37);2-11,13,18,35-36H,12,14H2,1H3,(H,31,33)(H,32,37);2-11,13,18,32,35-36H,12,14H2,1H3,(H,31,33,37)/t3*18-/m111/s1. The maximum atomic E-state index is 13.7. The number of aromatic nitrogens is 6. The van der Waals surface area contributed by atoms with Crippen LogP contribution in [0.25, 0.3) is 59.9 Å². The molecule has 6 amide bonds. The van der Waals surface area contributed by atoms with Crippen LogP contribution < -0.4 is 30.7 Å². The molecule has 3 atom stereocenters. The molecule has 3 aliphatic heterocycles. The summed E-state index contributed by atoms with van der Waals surface area (Å²) >= 11 is 19.1. The fraction of sp³-hybridized carbons (Fsp3) is 0.138. The highest BCUT2D eigenvalue weighted by Gasteiger charge is 2.40. The van der Waals surface area contributed by atoms with Crippen LogP contribution in [0.1, 0.15) is 114 Å². The van der Waals surface area contributed by atoms with Gasteiger partial charge in [0.1, 0.15) is 68.7 Å². The molecule has 24 nitrogen and oxygen atoms in total. The van der Waals surface area contributed by atoms with E-state index in [4.69, 9.17) is 34.8 Å². The molecule has 114 heavy (non-hydrogen) atoms. The number of nitrogens with zero attached hydrogens (tertiary/aromatic N) is 7. The van der Waals surface area contributed by atoms with E-state index in [0.717, 1.165) is 65.7 Å². The third kappa shape index (κ3) is 13.8. The van der Waals surface area contributed by atoms with Gasteiger partial charge in [-0.3, -0.25) is 28.8 Å². The number of phenolic OH excluding ortho intramolecular Hbond substituents is 6. The van der Waals surface area contributed by atoms with E-state index < -0.39 is 0 Å². The first-order valence-electron chi connectivity index (χ1n) is 36.2. The van der Waals surface area contributed by atoms with Crippen molar-refractivity contribution in [3.05, 3.63) is 274 Å². The number of pyridine rings is 3. The Labute approximate surface area is 664 Å². The number of aromatic amines is 2. The van der Waals surface area contributed by atoms with Crippen LogP contribution in [0.5, 0.6) is 34.5 Å². The number of amides is 6. The van der Waals surface area contributed by atoms with Gasteiger partial charge in [-0.25, -0.2) is 15.0 Å². The van der Waals surface area contributed by atoms with E-state index in [0.29, 0.717) is 127 Å². The fourth-order valence-electron chi connectivity index (χ4n) is 15.5. The third-order valence-electron chi connectivity index (χ3n) is 21.0. The van der Waals surface area contributed by atoms with Crippen LogP contribution in [-0.4, -0.2) is 133 Å². The first-order valence-corrected chi connectivity index (χ1v) is 37.8. The monoisotopic (exact) mass is 1580 g/mol. The number of fused-ring (bicyclic) bond motifs is 12. The fourth-order valence-corrected chi connectivity index (χ4v) is 16.3. The summed E-state index contributed by atoms with van der Waals surface area (Å²) in [5.41, 5.74) is 12.6. The lowest BCUT2D eigenvalue weighted by molar-refractivity contribution is 0.0976. The molecule has 0 bridgehead atoms. The number of imidazole rings is 1. The van der Waals surface area contributed by atoms with Crippen LogP contribution in [0.15, 0.2) is 207 Å². The number of rotatable bonds is 12.